The molecule has 148 valence electrons. The number of amides is 1. The number of fused-ring (bicyclic) bond motifs is 1. The molecule has 1 aromatic carbocycles. The van der Waals surface area contributed by atoms with Crippen molar-refractivity contribution in [3.8, 4) is 11.7 Å². The van der Waals surface area contributed by atoms with Gasteiger partial charge in [-0.1, -0.05) is 26.0 Å². The van der Waals surface area contributed by atoms with Crippen LogP contribution >= 0.6 is 0 Å². The number of hydrogen-bond acceptors (Lipinski definition) is 5. The first-order chi connectivity index (χ1) is 13.4. The van der Waals surface area contributed by atoms with E-state index < -0.39 is 5.91 Å². The van der Waals surface area contributed by atoms with Gasteiger partial charge in [-0.25, -0.2) is 0 Å². The normalized spacial score (nSPS) is 11.1. The predicted molar refractivity (Wildman–Crippen MR) is 108 cm³/mol. The highest BCUT2D eigenvalue weighted by molar-refractivity contribution is 6.06. The summed E-state index contributed by atoms with van der Waals surface area (Å²) in [6, 6.07) is 10.9. The SMILES string of the molecule is CCN(CC)Cc1ccc(Oc2cccc3cc(C(=O)N(C)C(=N)N)[nH]c23)o1. The first-order valence-corrected chi connectivity index (χ1v) is 9.15. The molecule has 0 aliphatic carbocycles. The Morgan fingerprint density at radius 2 is 2.00 bits per heavy atom. The van der Waals surface area contributed by atoms with E-state index in [9.17, 15) is 4.79 Å². The number of nitrogens with two attached hydrogens (primary N) is 1. The van der Waals surface area contributed by atoms with Crippen LogP contribution < -0.4 is 10.5 Å². The van der Waals surface area contributed by atoms with E-state index in [1.807, 2.05) is 18.2 Å². The molecule has 0 saturated carbocycles. The zero-order valence-corrected chi connectivity index (χ0v) is 16.3. The van der Waals surface area contributed by atoms with E-state index in [1.54, 1.807) is 18.2 Å². The number of rotatable bonds is 7. The molecule has 0 spiro atoms. The molecule has 0 aliphatic heterocycles. The topological polar surface area (TPSA) is 112 Å². The number of benzene rings is 1. The third-order valence-corrected chi connectivity index (χ3v) is 4.64. The largest absolute Gasteiger partial charge is 0.429 e. The fourth-order valence-corrected chi connectivity index (χ4v) is 2.89. The van der Waals surface area contributed by atoms with Gasteiger partial charge in [0, 0.05) is 18.5 Å². The number of aromatic nitrogens is 1. The van der Waals surface area contributed by atoms with Crippen LogP contribution in [0, 0.1) is 5.41 Å². The Labute approximate surface area is 163 Å². The van der Waals surface area contributed by atoms with Gasteiger partial charge in [0.1, 0.15) is 11.5 Å². The number of nitrogens with one attached hydrogen (secondary N) is 2. The highest BCUT2D eigenvalue weighted by Crippen LogP contribution is 2.31. The molecular weight excluding hydrogens is 358 g/mol. The van der Waals surface area contributed by atoms with Crippen molar-refractivity contribution in [3.63, 3.8) is 0 Å². The van der Waals surface area contributed by atoms with Crippen LogP contribution in [0.4, 0.5) is 0 Å². The first-order valence-electron chi connectivity index (χ1n) is 9.15. The van der Waals surface area contributed by atoms with E-state index >= 15 is 0 Å². The van der Waals surface area contributed by atoms with Gasteiger partial charge in [-0.2, -0.15) is 0 Å². The van der Waals surface area contributed by atoms with Crippen molar-refractivity contribution in [1.29, 1.82) is 5.41 Å². The lowest BCUT2D eigenvalue weighted by Crippen LogP contribution is -2.38. The number of hydrogen-bond donors (Lipinski definition) is 3. The van der Waals surface area contributed by atoms with E-state index in [0.717, 1.165) is 35.7 Å². The average molecular weight is 383 g/mol. The van der Waals surface area contributed by atoms with Crippen molar-refractivity contribution in [2.24, 2.45) is 5.73 Å². The average Bonchev–Trinajstić information content (AvgIpc) is 3.32. The van der Waals surface area contributed by atoms with Crippen LogP contribution in [0.15, 0.2) is 40.8 Å². The number of carbonyl (C=O) groups excluding carboxylic acids is 1. The molecule has 0 bridgehead atoms. The number of ether oxygens (including phenoxy) is 1. The maximum absolute atomic E-state index is 12.4. The van der Waals surface area contributed by atoms with Crippen LogP contribution in [0.2, 0.25) is 0 Å². The molecule has 8 heteroatoms. The molecule has 2 aromatic heterocycles. The van der Waals surface area contributed by atoms with Crippen molar-refractivity contribution in [3.05, 3.63) is 47.9 Å². The number of guanidine groups is 1. The van der Waals surface area contributed by atoms with Crippen molar-refractivity contribution < 1.29 is 13.9 Å². The van der Waals surface area contributed by atoms with Gasteiger partial charge in [-0.15, -0.1) is 0 Å². The Balaban J connectivity index is 1.83. The third-order valence-electron chi connectivity index (χ3n) is 4.64. The van der Waals surface area contributed by atoms with Crippen LogP contribution in [0.1, 0.15) is 30.1 Å². The highest BCUT2D eigenvalue weighted by Gasteiger charge is 2.18. The monoisotopic (exact) mass is 383 g/mol. The van der Waals surface area contributed by atoms with Gasteiger partial charge in [0.25, 0.3) is 11.9 Å². The molecule has 8 nitrogen and oxygen atoms in total. The minimum atomic E-state index is -0.394. The maximum atomic E-state index is 12.4. The fraction of sp³-hybridized carbons (Fsp3) is 0.300. The van der Waals surface area contributed by atoms with Gasteiger partial charge in [0.2, 0.25) is 0 Å². The molecule has 3 aromatic rings. The Kier molecular flexibility index (Phi) is 5.70. The van der Waals surface area contributed by atoms with Crippen LogP contribution in [0.25, 0.3) is 10.9 Å². The van der Waals surface area contributed by atoms with Crippen molar-refractivity contribution >= 4 is 22.8 Å². The minimum absolute atomic E-state index is 0.323. The molecule has 1 amide bonds. The maximum Gasteiger partial charge on any atom is 0.290 e. The summed E-state index contributed by atoms with van der Waals surface area (Å²) in [5, 5.41) is 8.23. The zero-order chi connectivity index (χ0) is 20.3. The van der Waals surface area contributed by atoms with Gasteiger partial charge >= 0.3 is 0 Å². The van der Waals surface area contributed by atoms with E-state index in [0.29, 0.717) is 22.9 Å². The van der Waals surface area contributed by atoms with Gasteiger partial charge in [0.15, 0.2) is 11.7 Å². The van der Waals surface area contributed by atoms with Crippen molar-refractivity contribution in [2.45, 2.75) is 20.4 Å². The fourth-order valence-electron chi connectivity index (χ4n) is 2.89. The van der Waals surface area contributed by atoms with Crippen LogP contribution in [0.3, 0.4) is 0 Å². The lowest BCUT2D eigenvalue weighted by Gasteiger charge is -2.15. The first kappa shape index (κ1) is 19.5. The second-order valence-electron chi connectivity index (χ2n) is 6.44. The summed E-state index contributed by atoms with van der Waals surface area (Å²) < 4.78 is 11.7. The zero-order valence-electron chi connectivity index (χ0n) is 16.3. The molecule has 0 saturated heterocycles. The Hall–Kier alpha value is -3.26. The van der Waals surface area contributed by atoms with Crippen LogP contribution in [0.5, 0.6) is 11.7 Å². The molecule has 0 atom stereocenters. The van der Waals surface area contributed by atoms with Gasteiger partial charge < -0.3 is 19.9 Å². The summed E-state index contributed by atoms with van der Waals surface area (Å²) in [6.07, 6.45) is 0. The summed E-state index contributed by atoms with van der Waals surface area (Å²) in [5.74, 6) is 1.05. The Bertz CT molecular complexity index is 987. The van der Waals surface area contributed by atoms with E-state index in [4.69, 9.17) is 20.3 Å². The number of nitrogens with zero attached hydrogens (tertiary/aromatic N) is 2. The quantitative estimate of drug-likeness (QED) is 0.428. The van der Waals surface area contributed by atoms with Crippen LogP contribution in [-0.2, 0) is 6.54 Å². The van der Waals surface area contributed by atoms with Gasteiger partial charge in [0.05, 0.1) is 12.1 Å². The number of aromatic amines is 1. The predicted octanol–water partition coefficient (Wildman–Crippen LogP) is 3.36. The summed E-state index contributed by atoms with van der Waals surface area (Å²) in [5.41, 5.74) is 6.39. The number of furan rings is 1. The smallest absolute Gasteiger partial charge is 0.290 e. The van der Waals surface area contributed by atoms with E-state index in [2.05, 4.69) is 23.7 Å². The second-order valence-corrected chi connectivity index (χ2v) is 6.44. The van der Waals surface area contributed by atoms with Crippen molar-refractivity contribution in [2.75, 3.05) is 20.1 Å². The molecule has 3 rings (SSSR count). The molecule has 0 fully saturated rings. The van der Waals surface area contributed by atoms with Crippen molar-refractivity contribution in [1.82, 2.24) is 14.8 Å². The molecule has 28 heavy (non-hydrogen) atoms. The Morgan fingerprint density at radius 3 is 2.68 bits per heavy atom. The lowest BCUT2D eigenvalue weighted by atomic mass is 10.2. The van der Waals surface area contributed by atoms with Crippen LogP contribution in [-0.4, -0.2) is 46.8 Å². The van der Waals surface area contributed by atoms with Gasteiger partial charge in [-0.05, 0) is 31.3 Å². The van der Waals surface area contributed by atoms with E-state index in [1.165, 1.54) is 7.05 Å². The molecule has 0 aliphatic rings. The van der Waals surface area contributed by atoms with E-state index in [-0.39, 0.29) is 5.96 Å². The summed E-state index contributed by atoms with van der Waals surface area (Å²) in [7, 11) is 1.45. The molecule has 4 N–H and O–H groups in total. The number of carbonyl (C=O) groups is 1. The third kappa shape index (κ3) is 4.01. The lowest BCUT2D eigenvalue weighted by molar-refractivity contribution is 0.0864. The molecule has 0 radical (unpaired) electrons. The molecule has 0 unspecified atom stereocenters. The number of H-pyrrole nitrogens is 1. The summed E-state index contributed by atoms with van der Waals surface area (Å²) >= 11 is 0. The molecular formula is C20H25N5O3. The minimum Gasteiger partial charge on any atom is -0.429 e. The molecule has 2 heterocycles. The highest BCUT2D eigenvalue weighted by atomic mass is 16.6. The summed E-state index contributed by atoms with van der Waals surface area (Å²) in [6.45, 7) is 6.83. The second kappa shape index (κ2) is 8.18. The standard InChI is InChI=1S/C20H25N5O3/c1-4-25(5-2)12-14-9-10-17(27-14)28-16-8-6-7-13-11-15(23-18(13)16)19(26)24(3)20(21)22/h6-11,23H,4-5,12H2,1-3H3,(H3,21,22). The summed E-state index contributed by atoms with van der Waals surface area (Å²) in [4.78, 5) is 18.8. The number of para-hydroxylation sites is 1. The Morgan fingerprint density at radius 1 is 1.25 bits per heavy atom. The van der Waals surface area contributed by atoms with Gasteiger partial charge in [-0.3, -0.25) is 20.0 Å².